The Morgan fingerprint density at radius 2 is 1.87 bits per heavy atom. The maximum Gasteiger partial charge on any atom is 0.311 e. The van der Waals surface area contributed by atoms with Gasteiger partial charge in [0.05, 0.1) is 5.92 Å². The van der Waals surface area contributed by atoms with E-state index in [0.29, 0.717) is 0 Å². The van der Waals surface area contributed by atoms with Gasteiger partial charge in [0.1, 0.15) is 0 Å². The van der Waals surface area contributed by atoms with Crippen LogP contribution in [0.25, 0.3) is 0 Å². The minimum absolute atomic E-state index is 0.0835. The molecule has 30 heavy (non-hydrogen) atoms. The van der Waals surface area contributed by atoms with Crippen LogP contribution in [0.15, 0.2) is 41.3 Å². The Balaban J connectivity index is 1.56. The molecule has 1 N–H and O–H groups in total. The van der Waals surface area contributed by atoms with Crippen molar-refractivity contribution >= 4 is 40.9 Å². The van der Waals surface area contributed by atoms with Gasteiger partial charge in [0, 0.05) is 29.2 Å². The molecule has 0 saturated carbocycles. The highest BCUT2D eigenvalue weighted by Crippen LogP contribution is 2.29. The zero-order valence-corrected chi connectivity index (χ0v) is 18.5. The standard InChI is InChI=1S/C23H26N2O4S/c1-14-8-15(2)22(16(3)9-14)24-20(26)13-29-23(28)17-10-21(27)25(12-17)18-6-5-7-19(11-18)30-4/h5-9,11,17H,10,12-13H2,1-4H3,(H,24,26)/t17-/m1/s1. The first-order valence-corrected chi connectivity index (χ1v) is 11.0. The van der Waals surface area contributed by atoms with Gasteiger partial charge >= 0.3 is 5.97 Å². The van der Waals surface area contributed by atoms with Crippen molar-refractivity contribution in [3.8, 4) is 0 Å². The molecule has 1 aliphatic rings. The molecule has 1 saturated heterocycles. The lowest BCUT2D eigenvalue weighted by Crippen LogP contribution is -2.28. The summed E-state index contributed by atoms with van der Waals surface area (Å²) in [5, 5.41) is 2.81. The van der Waals surface area contributed by atoms with Crippen molar-refractivity contribution < 1.29 is 19.1 Å². The number of ether oxygens (including phenoxy) is 1. The molecule has 0 unspecified atom stereocenters. The second-order valence-electron chi connectivity index (χ2n) is 7.54. The highest BCUT2D eigenvalue weighted by molar-refractivity contribution is 7.98. The van der Waals surface area contributed by atoms with E-state index in [1.54, 1.807) is 16.7 Å². The lowest BCUT2D eigenvalue weighted by molar-refractivity contribution is -0.151. The number of aryl methyl sites for hydroxylation is 3. The number of esters is 1. The van der Waals surface area contributed by atoms with Gasteiger partial charge in [-0.25, -0.2) is 0 Å². The summed E-state index contributed by atoms with van der Waals surface area (Å²) in [6, 6.07) is 11.6. The van der Waals surface area contributed by atoms with Crippen LogP contribution in [-0.2, 0) is 19.1 Å². The first-order chi connectivity index (χ1) is 14.3. The minimum Gasteiger partial charge on any atom is -0.455 e. The van der Waals surface area contributed by atoms with Crippen LogP contribution in [0.5, 0.6) is 0 Å². The van der Waals surface area contributed by atoms with E-state index >= 15 is 0 Å². The molecule has 158 valence electrons. The highest BCUT2D eigenvalue weighted by Gasteiger charge is 2.36. The molecule has 1 aliphatic heterocycles. The van der Waals surface area contributed by atoms with Crippen molar-refractivity contribution in [1.29, 1.82) is 0 Å². The molecule has 7 heteroatoms. The second kappa shape index (κ2) is 9.34. The molecular weight excluding hydrogens is 400 g/mol. The van der Waals surface area contributed by atoms with E-state index in [2.05, 4.69) is 5.32 Å². The summed E-state index contributed by atoms with van der Waals surface area (Å²) in [6.45, 7) is 5.72. The van der Waals surface area contributed by atoms with E-state index in [-0.39, 0.29) is 25.5 Å². The Kier molecular flexibility index (Phi) is 6.82. The lowest BCUT2D eigenvalue weighted by Gasteiger charge is -2.17. The molecule has 1 fully saturated rings. The van der Waals surface area contributed by atoms with E-state index in [1.807, 2.05) is 63.4 Å². The third-order valence-electron chi connectivity index (χ3n) is 5.11. The Hall–Kier alpha value is -2.80. The van der Waals surface area contributed by atoms with Gasteiger partial charge in [0.15, 0.2) is 6.61 Å². The highest BCUT2D eigenvalue weighted by atomic mass is 32.2. The molecule has 0 aromatic heterocycles. The zero-order chi connectivity index (χ0) is 21.8. The topological polar surface area (TPSA) is 75.7 Å². The fourth-order valence-corrected chi connectivity index (χ4v) is 4.15. The number of amides is 2. The van der Waals surface area contributed by atoms with E-state index in [0.717, 1.165) is 33.0 Å². The Morgan fingerprint density at radius 3 is 2.53 bits per heavy atom. The van der Waals surface area contributed by atoms with Crippen LogP contribution in [0.1, 0.15) is 23.1 Å². The molecule has 1 atom stereocenters. The number of carbonyl (C=O) groups is 3. The molecular formula is C23H26N2O4S. The summed E-state index contributed by atoms with van der Waals surface area (Å²) in [4.78, 5) is 39.8. The number of hydrogen-bond donors (Lipinski definition) is 1. The van der Waals surface area contributed by atoms with Crippen LogP contribution in [0.3, 0.4) is 0 Å². The number of anilines is 2. The molecule has 0 aliphatic carbocycles. The third-order valence-corrected chi connectivity index (χ3v) is 5.84. The van der Waals surface area contributed by atoms with Crippen LogP contribution in [0, 0.1) is 26.7 Å². The second-order valence-corrected chi connectivity index (χ2v) is 8.42. The summed E-state index contributed by atoms with van der Waals surface area (Å²) in [5.74, 6) is -1.62. The van der Waals surface area contributed by atoms with E-state index in [4.69, 9.17) is 4.74 Å². The summed E-state index contributed by atoms with van der Waals surface area (Å²) in [5.41, 5.74) is 4.53. The average Bonchev–Trinajstić information content (AvgIpc) is 3.10. The first-order valence-electron chi connectivity index (χ1n) is 9.77. The molecule has 1 heterocycles. The van der Waals surface area contributed by atoms with Crippen LogP contribution in [-0.4, -0.2) is 37.2 Å². The number of rotatable bonds is 6. The molecule has 0 spiro atoms. The smallest absolute Gasteiger partial charge is 0.311 e. The fraction of sp³-hybridized carbons (Fsp3) is 0.348. The number of nitrogens with one attached hydrogen (secondary N) is 1. The van der Waals surface area contributed by atoms with Crippen LogP contribution in [0.4, 0.5) is 11.4 Å². The molecule has 0 radical (unpaired) electrons. The SMILES string of the molecule is CSc1cccc(N2C[C@H](C(=O)OCC(=O)Nc3c(C)cc(C)cc3C)CC2=O)c1. The van der Waals surface area contributed by atoms with Crippen molar-refractivity contribution in [1.82, 2.24) is 0 Å². The van der Waals surface area contributed by atoms with Crippen molar-refractivity contribution in [2.75, 3.05) is 29.6 Å². The van der Waals surface area contributed by atoms with Gasteiger partial charge in [0.2, 0.25) is 5.91 Å². The summed E-state index contributed by atoms with van der Waals surface area (Å²) in [7, 11) is 0. The molecule has 2 aromatic carbocycles. The number of carbonyl (C=O) groups excluding carboxylic acids is 3. The number of nitrogens with zero attached hydrogens (tertiary/aromatic N) is 1. The number of benzene rings is 2. The van der Waals surface area contributed by atoms with Crippen molar-refractivity contribution in [3.63, 3.8) is 0 Å². The fourth-order valence-electron chi connectivity index (χ4n) is 3.70. The van der Waals surface area contributed by atoms with Gasteiger partial charge in [-0.15, -0.1) is 11.8 Å². The average molecular weight is 427 g/mol. The first kappa shape index (κ1) is 21.9. The normalized spacial score (nSPS) is 15.9. The number of thioether (sulfide) groups is 1. The number of hydrogen-bond acceptors (Lipinski definition) is 5. The Labute approximate surface area is 181 Å². The third kappa shape index (κ3) is 5.02. The predicted molar refractivity (Wildman–Crippen MR) is 119 cm³/mol. The van der Waals surface area contributed by atoms with Gasteiger partial charge in [-0.3, -0.25) is 14.4 Å². The van der Waals surface area contributed by atoms with Crippen molar-refractivity contribution in [2.24, 2.45) is 5.92 Å². The largest absolute Gasteiger partial charge is 0.455 e. The molecule has 2 aromatic rings. The van der Waals surface area contributed by atoms with Gasteiger partial charge in [-0.05, 0) is 56.4 Å². The van der Waals surface area contributed by atoms with Crippen LogP contribution in [0.2, 0.25) is 0 Å². The molecule has 0 bridgehead atoms. The Bertz CT molecular complexity index is 966. The van der Waals surface area contributed by atoms with E-state index < -0.39 is 17.8 Å². The maximum atomic E-state index is 12.4. The van der Waals surface area contributed by atoms with E-state index in [1.165, 1.54) is 0 Å². The van der Waals surface area contributed by atoms with Gasteiger partial charge in [0.25, 0.3) is 5.91 Å². The quantitative estimate of drug-likeness (QED) is 0.561. The molecule has 3 rings (SSSR count). The van der Waals surface area contributed by atoms with Gasteiger partial charge < -0.3 is 15.0 Å². The summed E-state index contributed by atoms with van der Waals surface area (Å²) in [6.07, 6.45) is 2.05. The minimum atomic E-state index is -0.578. The van der Waals surface area contributed by atoms with Gasteiger partial charge in [-0.1, -0.05) is 23.8 Å². The van der Waals surface area contributed by atoms with E-state index in [9.17, 15) is 14.4 Å². The van der Waals surface area contributed by atoms with Crippen molar-refractivity contribution in [2.45, 2.75) is 32.1 Å². The maximum absolute atomic E-state index is 12.4. The monoisotopic (exact) mass is 426 g/mol. The summed E-state index contributed by atoms with van der Waals surface area (Å²) < 4.78 is 5.21. The predicted octanol–water partition coefficient (Wildman–Crippen LogP) is 3.87. The van der Waals surface area contributed by atoms with Crippen LogP contribution >= 0.6 is 11.8 Å². The molecule has 2 amide bonds. The Morgan fingerprint density at radius 1 is 1.17 bits per heavy atom. The zero-order valence-electron chi connectivity index (χ0n) is 17.7. The van der Waals surface area contributed by atoms with Gasteiger partial charge in [-0.2, -0.15) is 0 Å². The molecule has 6 nitrogen and oxygen atoms in total. The van der Waals surface area contributed by atoms with Crippen LogP contribution < -0.4 is 10.2 Å². The van der Waals surface area contributed by atoms with Crippen molar-refractivity contribution in [3.05, 3.63) is 53.1 Å². The summed E-state index contributed by atoms with van der Waals surface area (Å²) >= 11 is 1.59. The lowest BCUT2D eigenvalue weighted by atomic mass is 10.1.